The van der Waals surface area contributed by atoms with Gasteiger partial charge in [0.05, 0.1) is 6.61 Å². The van der Waals surface area contributed by atoms with Crippen molar-refractivity contribution < 1.29 is 9.53 Å². The SMILES string of the molecule is CCCCOC(=O)N(N)C(C)C. The maximum absolute atomic E-state index is 11.0. The molecular weight excluding hydrogens is 156 g/mol. The van der Waals surface area contributed by atoms with Crippen LogP contribution < -0.4 is 5.84 Å². The largest absolute Gasteiger partial charge is 0.448 e. The van der Waals surface area contributed by atoms with Gasteiger partial charge in [-0.3, -0.25) is 0 Å². The van der Waals surface area contributed by atoms with Gasteiger partial charge < -0.3 is 4.74 Å². The minimum atomic E-state index is -0.446. The van der Waals surface area contributed by atoms with Crippen LogP contribution in [0.5, 0.6) is 0 Å². The number of hydrogen-bond donors (Lipinski definition) is 1. The van der Waals surface area contributed by atoms with Crippen molar-refractivity contribution in [2.75, 3.05) is 6.61 Å². The maximum Gasteiger partial charge on any atom is 0.424 e. The van der Waals surface area contributed by atoms with Crippen LogP contribution in [0.1, 0.15) is 33.6 Å². The molecular formula is C8H18N2O2. The number of amides is 1. The standard InChI is InChI=1S/C8H18N2O2/c1-4-5-6-12-8(11)10(9)7(2)3/h7H,4-6,9H2,1-3H3. The molecule has 0 atom stereocenters. The van der Waals surface area contributed by atoms with Crippen LogP contribution in [0.2, 0.25) is 0 Å². The third-order valence-corrected chi connectivity index (χ3v) is 1.49. The van der Waals surface area contributed by atoms with Crippen molar-refractivity contribution in [1.29, 1.82) is 0 Å². The topological polar surface area (TPSA) is 55.6 Å². The molecule has 2 N–H and O–H groups in total. The van der Waals surface area contributed by atoms with Crippen LogP contribution in [0.25, 0.3) is 0 Å². The van der Waals surface area contributed by atoms with Gasteiger partial charge in [-0.1, -0.05) is 13.3 Å². The molecule has 0 spiro atoms. The van der Waals surface area contributed by atoms with E-state index in [0.717, 1.165) is 17.9 Å². The summed E-state index contributed by atoms with van der Waals surface area (Å²) in [6, 6.07) is -0.0147. The highest BCUT2D eigenvalue weighted by atomic mass is 16.6. The summed E-state index contributed by atoms with van der Waals surface area (Å²) in [6.07, 6.45) is 1.45. The van der Waals surface area contributed by atoms with Crippen LogP contribution in [0.15, 0.2) is 0 Å². The van der Waals surface area contributed by atoms with Crippen molar-refractivity contribution in [2.24, 2.45) is 5.84 Å². The van der Waals surface area contributed by atoms with Crippen LogP contribution in [0.4, 0.5) is 4.79 Å². The summed E-state index contributed by atoms with van der Waals surface area (Å²) in [4.78, 5) is 11.0. The predicted octanol–water partition coefficient (Wildman–Crippen LogP) is 1.51. The molecule has 0 aromatic rings. The first kappa shape index (κ1) is 11.2. The number of hydrazine groups is 1. The Labute approximate surface area is 73.6 Å². The fourth-order valence-corrected chi connectivity index (χ4v) is 0.589. The lowest BCUT2D eigenvalue weighted by Gasteiger charge is -2.19. The molecule has 0 rings (SSSR count). The minimum absolute atomic E-state index is 0.0147. The molecule has 4 nitrogen and oxygen atoms in total. The zero-order valence-corrected chi connectivity index (χ0v) is 8.04. The van der Waals surface area contributed by atoms with Gasteiger partial charge in [0.25, 0.3) is 0 Å². The van der Waals surface area contributed by atoms with Crippen molar-refractivity contribution in [1.82, 2.24) is 5.01 Å². The van der Waals surface area contributed by atoms with Crippen LogP contribution in [0, 0.1) is 0 Å². The number of carbonyl (C=O) groups is 1. The predicted molar refractivity (Wildman–Crippen MR) is 47.4 cm³/mol. The number of nitrogens with zero attached hydrogens (tertiary/aromatic N) is 1. The molecule has 0 unspecified atom stereocenters. The summed E-state index contributed by atoms with van der Waals surface area (Å²) < 4.78 is 4.87. The Morgan fingerprint density at radius 1 is 1.58 bits per heavy atom. The van der Waals surface area contributed by atoms with E-state index >= 15 is 0 Å². The highest BCUT2D eigenvalue weighted by Crippen LogP contribution is 1.96. The van der Waals surface area contributed by atoms with Gasteiger partial charge in [0.1, 0.15) is 0 Å². The average Bonchev–Trinajstić information content (AvgIpc) is 2.03. The van der Waals surface area contributed by atoms with Gasteiger partial charge in [-0.2, -0.15) is 0 Å². The molecule has 0 fully saturated rings. The summed E-state index contributed by atoms with van der Waals surface area (Å²) in [5.74, 6) is 5.40. The first-order valence-electron chi connectivity index (χ1n) is 4.30. The Kier molecular flexibility index (Phi) is 5.45. The van der Waals surface area contributed by atoms with Gasteiger partial charge in [0, 0.05) is 6.04 Å². The van der Waals surface area contributed by atoms with E-state index in [0.29, 0.717) is 6.61 Å². The molecule has 0 aromatic heterocycles. The Hall–Kier alpha value is -0.770. The van der Waals surface area contributed by atoms with Gasteiger partial charge in [0.2, 0.25) is 0 Å². The molecule has 0 aliphatic carbocycles. The van der Waals surface area contributed by atoms with Crippen molar-refractivity contribution in [3.05, 3.63) is 0 Å². The van der Waals surface area contributed by atoms with Crippen LogP contribution in [0.3, 0.4) is 0 Å². The fraction of sp³-hybridized carbons (Fsp3) is 0.875. The second-order valence-corrected chi connectivity index (χ2v) is 2.97. The summed E-state index contributed by atoms with van der Waals surface area (Å²) in [7, 11) is 0. The van der Waals surface area contributed by atoms with Crippen molar-refractivity contribution in [3.8, 4) is 0 Å². The Morgan fingerprint density at radius 3 is 2.58 bits per heavy atom. The fourth-order valence-electron chi connectivity index (χ4n) is 0.589. The Bertz CT molecular complexity index is 137. The van der Waals surface area contributed by atoms with Gasteiger partial charge in [-0.05, 0) is 20.3 Å². The molecule has 0 saturated heterocycles. The molecule has 0 aliphatic heterocycles. The Morgan fingerprint density at radius 2 is 2.17 bits per heavy atom. The second-order valence-electron chi connectivity index (χ2n) is 2.97. The zero-order chi connectivity index (χ0) is 9.56. The van der Waals surface area contributed by atoms with Gasteiger partial charge >= 0.3 is 6.09 Å². The van der Waals surface area contributed by atoms with Gasteiger partial charge in [0.15, 0.2) is 0 Å². The Balaban J connectivity index is 3.57. The number of carbonyl (C=O) groups excluding carboxylic acids is 1. The highest BCUT2D eigenvalue weighted by Gasteiger charge is 2.12. The molecule has 72 valence electrons. The van der Waals surface area contributed by atoms with Gasteiger partial charge in [-0.25, -0.2) is 15.6 Å². The third-order valence-electron chi connectivity index (χ3n) is 1.49. The number of ether oxygens (including phenoxy) is 1. The maximum atomic E-state index is 11.0. The molecule has 0 bridgehead atoms. The van der Waals surface area contributed by atoms with E-state index in [4.69, 9.17) is 10.6 Å². The lowest BCUT2D eigenvalue weighted by atomic mass is 10.4. The van der Waals surface area contributed by atoms with Gasteiger partial charge in [-0.15, -0.1) is 0 Å². The molecule has 0 saturated carbocycles. The van der Waals surface area contributed by atoms with Crippen LogP contribution >= 0.6 is 0 Å². The van der Waals surface area contributed by atoms with Crippen molar-refractivity contribution in [2.45, 2.75) is 39.7 Å². The number of nitrogens with two attached hydrogens (primary N) is 1. The second kappa shape index (κ2) is 5.83. The van der Waals surface area contributed by atoms with Crippen molar-refractivity contribution in [3.63, 3.8) is 0 Å². The quantitative estimate of drug-likeness (QED) is 0.304. The number of unbranched alkanes of at least 4 members (excludes halogenated alkanes) is 1. The number of rotatable bonds is 4. The van der Waals surface area contributed by atoms with E-state index in [1.54, 1.807) is 0 Å². The van der Waals surface area contributed by atoms with E-state index in [1.165, 1.54) is 0 Å². The van der Waals surface area contributed by atoms with E-state index in [1.807, 2.05) is 20.8 Å². The minimum Gasteiger partial charge on any atom is -0.448 e. The first-order valence-corrected chi connectivity index (χ1v) is 4.30. The summed E-state index contributed by atoms with van der Waals surface area (Å²) in [5, 5.41) is 1.09. The number of hydrogen-bond acceptors (Lipinski definition) is 3. The lowest BCUT2D eigenvalue weighted by molar-refractivity contribution is 0.0907. The molecule has 12 heavy (non-hydrogen) atoms. The summed E-state index contributed by atoms with van der Waals surface area (Å²) in [5.41, 5.74) is 0. The van der Waals surface area contributed by atoms with E-state index < -0.39 is 6.09 Å². The summed E-state index contributed by atoms with van der Waals surface area (Å²) in [6.45, 7) is 6.16. The molecule has 1 amide bonds. The molecule has 0 aromatic carbocycles. The highest BCUT2D eigenvalue weighted by molar-refractivity contribution is 5.67. The molecule has 0 heterocycles. The zero-order valence-electron chi connectivity index (χ0n) is 8.04. The third kappa shape index (κ3) is 4.18. The van der Waals surface area contributed by atoms with Crippen LogP contribution in [-0.2, 0) is 4.74 Å². The molecule has 0 radical (unpaired) electrons. The van der Waals surface area contributed by atoms with E-state index in [9.17, 15) is 4.79 Å². The molecule has 4 heteroatoms. The lowest BCUT2D eigenvalue weighted by Crippen LogP contribution is -2.43. The normalized spacial score (nSPS) is 10.1. The smallest absolute Gasteiger partial charge is 0.424 e. The first-order chi connectivity index (χ1) is 5.59. The van der Waals surface area contributed by atoms with Crippen molar-refractivity contribution >= 4 is 6.09 Å². The van der Waals surface area contributed by atoms with E-state index in [2.05, 4.69) is 0 Å². The monoisotopic (exact) mass is 174 g/mol. The average molecular weight is 174 g/mol. The van der Waals surface area contributed by atoms with E-state index in [-0.39, 0.29) is 6.04 Å². The summed E-state index contributed by atoms with van der Waals surface area (Å²) >= 11 is 0. The van der Waals surface area contributed by atoms with Crippen LogP contribution in [-0.4, -0.2) is 23.8 Å². The molecule has 0 aliphatic rings.